The third-order valence-electron chi connectivity index (χ3n) is 4.15. The van der Waals surface area contributed by atoms with Crippen LogP contribution in [0.4, 0.5) is 0 Å². The fraction of sp³-hybridized carbons (Fsp3) is 0.455. The van der Waals surface area contributed by atoms with Gasteiger partial charge in [-0.3, -0.25) is 0 Å². The van der Waals surface area contributed by atoms with E-state index >= 15 is 0 Å². The van der Waals surface area contributed by atoms with E-state index in [1.165, 1.54) is 0 Å². The van der Waals surface area contributed by atoms with E-state index in [2.05, 4.69) is 40.7 Å². The zero-order valence-corrected chi connectivity index (χ0v) is 17.8. The van der Waals surface area contributed by atoms with Gasteiger partial charge in [0, 0.05) is 38.3 Å². The van der Waals surface area contributed by atoms with Gasteiger partial charge in [-0.15, -0.1) is 0 Å². The SMILES string of the molecule is CCNC(=NCc1ccc(C)cc1OCCCOC)NCc1cccc(OC)n1. The third kappa shape index (κ3) is 7.99. The Morgan fingerprint density at radius 3 is 2.72 bits per heavy atom. The van der Waals surface area contributed by atoms with Crippen molar-refractivity contribution in [2.45, 2.75) is 33.4 Å². The summed E-state index contributed by atoms with van der Waals surface area (Å²) < 4.78 is 16.2. The number of rotatable bonds is 11. The molecule has 0 aliphatic heterocycles. The van der Waals surface area contributed by atoms with Gasteiger partial charge in [0.1, 0.15) is 5.75 Å². The molecule has 1 aromatic carbocycles. The van der Waals surface area contributed by atoms with Crippen LogP contribution in [-0.2, 0) is 17.8 Å². The molecule has 2 aromatic rings. The highest BCUT2D eigenvalue weighted by Crippen LogP contribution is 2.21. The quantitative estimate of drug-likeness (QED) is 0.343. The number of guanidine groups is 1. The van der Waals surface area contributed by atoms with E-state index in [9.17, 15) is 0 Å². The number of pyridine rings is 1. The van der Waals surface area contributed by atoms with Gasteiger partial charge in [-0.1, -0.05) is 18.2 Å². The van der Waals surface area contributed by atoms with Gasteiger partial charge < -0.3 is 24.8 Å². The average molecular weight is 401 g/mol. The molecular weight excluding hydrogens is 368 g/mol. The Hall–Kier alpha value is -2.80. The second-order valence-corrected chi connectivity index (χ2v) is 6.53. The lowest BCUT2D eigenvalue weighted by molar-refractivity contribution is 0.172. The topological polar surface area (TPSA) is 77.0 Å². The number of hydrogen-bond acceptors (Lipinski definition) is 5. The number of benzene rings is 1. The lowest BCUT2D eigenvalue weighted by atomic mass is 10.1. The van der Waals surface area contributed by atoms with E-state index in [-0.39, 0.29) is 0 Å². The summed E-state index contributed by atoms with van der Waals surface area (Å²) in [7, 11) is 3.31. The van der Waals surface area contributed by atoms with Crippen molar-refractivity contribution in [1.82, 2.24) is 15.6 Å². The first-order chi connectivity index (χ1) is 14.2. The van der Waals surface area contributed by atoms with Crippen LogP contribution in [0.1, 0.15) is 30.2 Å². The Morgan fingerprint density at radius 1 is 1.10 bits per heavy atom. The molecule has 0 aliphatic carbocycles. The molecule has 1 heterocycles. The molecule has 0 amide bonds. The first kappa shape index (κ1) is 22.5. The van der Waals surface area contributed by atoms with Gasteiger partial charge in [0.15, 0.2) is 5.96 Å². The summed E-state index contributed by atoms with van der Waals surface area (Å²) in [5, 5.41) is 6.58. The molecular formula is C22H32N4O3. The molecule has 0 atom stereocenters. The summed E-state index contributed by atoms with van der Waals surface area (Å²) in [6.07, 6.45) is 0.852. The van der Waals surface area contributed by atoms with Gasteiger partial charge in [-0.2, -0.15) is 0 Å². The first-order valence-corrected chi connectivity index (χ1v) is 9.89. The predicted octanol–water partition coefficient (Wildman–Crippen LogP) is 3.07. The highest BCUT2D eigenvalue weighted by atomic mass is 16.5. The molecule has 0 aliphatic rings. The van der Waals surface area contributed by atoms with Gasteiger partial charge in [0.2, 0.25) is 5.88 Å². The van der Waals surface area contributed by atoms with Crippen LogP contribution in [0.15, 0.2) is 41.4 Å². The van der Waals surface area contributed by atoms with E-state index < -0.39 is 0 Å². The van der Waals surface area contributed by atoms with Crippen molar-refractivity contribution in [2.75, 3.05) is 34.0 Å². The van der Waals surface area contributed by atoms with E-state index in [0.29, 0.717) is 32.2 Å². The molecule has 0 spiro atoms. The zero-order valence-electron chi connectivity index (χ0n) is 17.8. The average Bonchev–Trinajstić information content (AvgIpc) is 2.74. The van der Waals surface area contributed by atoms with Crippen LogP contribution in [0.25, 0.3) is 0 Å². The predicted molar refractivity (Wildman–Crippen MR) is 116 cm³/mol. The Bertz CT molecular complexity index is 780. The molecule has 0 radical (unpaired) electrons. The van der Waals surface area contributed by atoms with Crippen molar-refractivity contribution < 1.29 is 14.2 Å². The minimum absolute atomic E-state index is 0.515. The highest BCUT2D eigenvalue weighted by Gasteiger charge is 2.06. The second kappa shape index (κ2) is 12.6. The number of ether oxygens (including phenoxy) is 3. The van der Waals surface area contributed by atoms with Crippen molar-refractivity contribution in [2.24, 2.45) is 4.99 Å². The van der Waals surface area contributed by atoms with Crippen molar-refractivity contribution in [3.63, 3.8) is 0 Å². The minimum Gasteiger partial charge on any atom is -0.493 e. The smallest absolute Gasteiger partial charge is 0.213 e. The Morgan fingerprint density at radius 2 is 1.97 bits per heavy atom. The van der Waals surface area contributed by atoms with E-state index in [4.69, 9.17) is 19.2 Å². The maximum atomic E-state index is 5.95. The van der Waals surface area contributed by atoms with Crippen LogP contribution in [0.5, 0.6) is 11.6 Å². The van der Waals surface area contributed by atoms with Crippen molar-refractivity contribution >= 4 is 5.96 Å². The van der Waals surface area contributed by atoms with E-state index in [0.717, 1.165) is 41.5 Å². The fourth-order valence-electron chi connectivity index (χ4n) is 2.66. The summed E-state index contributed by atoms with van der Waals surface area (Å²) >= 11 is 0. The lowest BCUT2D eigenvalue weighted by Gasteiger charge is -2.14. The molecule has 0 bridgehead atoms. The van der Waals surface area contributed by atoms with Crippen LogP contribution in [0.3, 0.4) is 0 Å². The Balaban J connectivity index is 2.03. The van der Waals surface area contributed by atoms with Gasteiger partial charge in [-0.05, 0) is 31.5 Å². The van der Waals surface area contributed by atoms with Gasteiger partial charge in [-0.25, -0.2) is 9.98 Å². The second-order valence-electron chi connectivity index (χ2n) is 6.53. The summed E-state index contributed by atoms with van der Waals surface area (Å²) in [5.41, 5.74) is 3.09. The molecule has 2 rings (SSSR count). The number of methoxy groups -OCH3 is 2. The number of nitrogens with zero attached hydrogens (tertiary/aromatic N) is 2. The molecule has 0 fully saturated rings. The van der Waals surface area contributed by atoms with E-state index in [1.807, 2.05) is 25.1 Å². The maximum absolute atomic E-state index is 5.95. The molecule has 7 nitrogen and oxygen atoms in total. The standard InChI is InChI=1S/C22H32N4O3/c1-5-23-22(25-16-19-8-6-9-21(26-19)28-4)24-15-18-11-10-17(2)14-20(18)29-13-7-12-27-3/h6,8-11,14H,5,7,12-13,15-16H2,1-4H3,(H2,23,24,25). The number of aromatic nitrogens is 1. The number of nitrogens with one attached hydrogen (secondary N) is 2. The van der Waals surface area contributed by atoms with Gasteiger partial charge >= 0.3 is 0 Å². The molecule has 158 valence electrons. The Labute approximate surface area is 173 Å². The lowest BCUT2D eigenvalue weighted by Crippen LogP contribution is -2.37. The van der Waals surface area contributed by atoms with Crippen molar-refractivity contribution in [3.8, 4) is 11.6 Å². The van der Waals surface area contributed by atoms with Crippen LogP contribution in [0.2, 0.25) is 0 Å². The molecule has 7 heteroatoms. The van der Waals surface area contributed by atoms with Gasteiger partial charge in [0.25, 0.3) is 0 Å². The first-order valence-electron chi connectivity index (χ1n) is 9.89. The third-order valence-corrected chi connectivity index (χ3v) is 4.15. The minimum atomic E-state index is 0.515. The number of hydrogen-bond donors (Lipinski definition) is 2. The van der Waals surface area contributed by atoms with Crippen LogP contribution < -0.4 is 20.1 Å². The summed E-state index contributed by atoms with van der Waals surface area (Å²) in [5.74, 6) is 2.19. The summed E-state index contributed by atoms with van der Waals surface area (Å²) in [4.78, 5) is 9.12. The number of aliphatic imine (C=N–C) groups is 1. The molecule has 0 saturated carbocycles. The zero-order chi connectivity index (χ0) is 20.9. The molecule has 0 saturated heterocycles. The van der Waals surface area contributed by atoms with Crippen molar-refractivity contribution in [1.29, 1.82) is 0 Å². The molecule has 2 N–H and O–H groups in total. The fourth-order valence-corrected chi connectivity index (χ4v) is 2.66. The summed E-state index contributed by atoms with van der Waals surface area (Å²) in [6, 6.07) is 11.9. The maximum Gasteiger partial charge on any atom is 0.213 e. The van der Waals surface area contributed by atoms with Gasteiger partial charge in [0.05, 0.1) is 32.5 Å². The molecule has 1 aromatic heterocycles. The monoisotopic (exact) mass is 400 g/mol. The van der Waals surface area contributed by atoms with Crippen LogP contribution in [0, 0.1) is 6.92 Å². The Kier molecular flexibility index (Phi) is 9.78. The number of aryl methyl sites for hydroxylation is 1. The molecule has 0 unspecified atom stereocenters. The highest BCUT2D eigenvalue weighted by molar-refractivity contribution is 5.79. The van der Waals surface area contributed by atoms with Crippen LogP contribution in [-0.4, -0.2) is 44.9 Å². The van der Waals surface area contributed by atoms with E-state index in [1.54, 1.807) is 14.2 Å². The van der Waals surface area contributed by atoms with Crippen molar-refractivity contribution in [3.05, 3.63) is 53.2 Å². The normalized spacial score (nSPS) is 11.2. The summed E-state index contributed by atoms with van der Waals surface area (Å²) in [6.45, 7) is 7.24. The van der Waals surface area contributed by atoms with Crippen LogP contribution >= 0.6 is 0 Å². The molecule has 29 heavy (non-hydrogen) atoms. The largest absolute Gasteiger partial charge is 0.493 e.